The van der Waals surface area contributed by atoms with Crippen molar-refractivity contribution in [1.82, 2.24) is 24.5 Å². The molecule has 14 heteroatoms. The molecule has 0 saturated heterocycles. The van der Waals surface area contributed by atoms with Crippen LogP contribution >= 0.6 is 0 Å². The second-order valence-corrected chi connectivity index (χ2v) is 6.10. The largest absolute Gasteiger partial charge is 0.442 e. The van der Waals surface area contributed by atoms with E-state index in [1.807, 2.05) is 0 Å². The molecule has 0 aliphatic rings. The van der Waals surface area contributed by atoms with E-state index in [0.29, 0.717) is 10.2 Å². The van der Waals surface area contributed by atoms with Crippen LogP contribution in [0.1, 0.15) is 17.0 Å². The van der Waals surface area contributed by atoms with Crippen LogP contribution in [0.5, 0.6) is 0 Å². The number of rotatable bonds is 6. The molecule has 0 aliphatic heterocycles. The summed E-state index contributed by atoms with van der Waals surface area (Å²) in [7, 11) is 0. The number of hydrogen-bond acceptors (Lipinski definition) is 6. The number of halogens is 4. The van der Waals surface area contributed by atoms with E-state index >= 15 is 0 Å². The lowest BCUT2D eigenvalue weighted by Crippen LogP contribution is -2.21. The number of carbonyl (C=O) groups excluding carboxylic acids is 1. The Morgan fingerprint density at radius 3 is 2.57 bits per heavy atom. The van der Waals surface area contributed by atoms with Crippen LogP contribution in [-0.2, 0) is 24.1 Å². The zero-order valence-electron chi connectivity index (χ0n) is 15.2. The number of alkyl halides is 3. The van der Waals surface area contributed by atoms with Crippen molar-refractivity contribution in [3.05, 3.63) is 63.5 Å². The SMILES string of the molecule is Cc1c([N+](=O)[O-])c(C(F)(F)F)nn1CC(=O)Nc1ncn(Cc2ccccc2F)n1. The third-order valence-electron chi connectivity index (χ3n) is 4.00. The molecule has 0 unspecified atom stereocenters. The predicted molar refractivity (Wildman–Crippen MR) is 92.8 cm³/mol. The van der Waals surface area contributed by atoms with Crippen LogP contribution in [0.4, 0.5) is 29.2 Å². The minimum absolute atomic E-state index is 0.0367. The number of aromatic nitrogens is 5. The van der Waals surface area contributed by atoms with Crippen molar-refractivity contribution >= 4 is 17.5 Å². The Morgan fingerprint density at radius 1 is 1.27 bits per heavy atom. The van der Waals surface area contributed by atoms with Gasteiger partial charge >= 0.3 is 11.9 Å². The summed E-state index contributed by atoms with van der Waals surface area (Å²) in [6.07, 6.45) is -3.82. The highest BCUT2D eigenvalue weighted by molar-refractivity contribution is 5.88. The standard InChI is InChI=1S/C16H13F4N7O3/c1-9-13(27(29)30)14(16(18,19)20)23-26(9)7-12(28)22-15-21-8-25(24-15)6-10-4-2-3-5-11(10)17/h2-5,8H,6-7H2,1H3,(H,22,24,28). The maximum Gasteiger partial charge on any atom is 0.442 e. The van der Waals surface area contributed by atoms with Gasteiger partial charge in [0, 0.05) is 5.56 Å². The number of hydrogen-bond donors (Lipinski definition) is 1. The Morgan fingerprint density at radius 2 is 1.97 bits per heavy atom. The number of nitrogens with zero attached hydrogens (tertiary/aromatic N) is 6. The Balaban J connectivity index is 1.72. The molecule has 158 valence electrons. The first-order chi connectivity index (χ1) is 14.1. The summed E-state index contributed by atoms with van der Waals surface area (Å²) in [5.74, 6) is -1.48. The smallest absolute Gasteiger partial charge is 0.292 e. The van der Waals surface area contributed by atoms with E-state index in [2.05, 4.69) is 20.5 Å². The van der Waals surface area contributed by atoms with Crippen LogP contribution in [0, 0.1) is 22.9 Å². The van der Waals surface area contributed by atoms with E-state index in [1.165, 1.54) is 23.1 Å². The monoisotopic (exact) mass is 427 g/mol. The first-order valence-corrected chi connectivity index (χ1v) is 8.28. The molecule has 0 bridgehead atoms. The summed E-state index contributed by atoms with van der Waals surface area (Å²) in [6.45, 7) is 0.356. The Hall–Kier alpha value is -3.84. The van der Waals surface area contributed by atoms with Crippen LogP contribution in [0.15, 0.2) is 30.6 Å². The van der Waals surface area contributed by atoms with Crippen molar-refractivity contribution in [3.8, 4) is 0 Å². The van der Waals surface area contributed by atoms with Crippen LogP contribution in [0.25, 0.3) is 0 Å². The fourth-order valence-electron chi connectivity index (χ4n) is 2.63. The van der Waals surface area contributed by atoms with Crippen LogP contribution in [0.2, 0.25) is 0 Å². The Kier molecular flexibility index (Phi) is 5.49. The molecule has 10 nitrogen and oxygen atoms in total. The first kappa shape index (κ1) is 20.9. The number of nitrogens with one attached hydrogen (secondary N) is 1. The lowest BCUT2D eigenvalue weighted by Gasteiger charge is -2.04. The predicted octanol–water partition coefficient (Wildman–Crippen LogP) is 2.54. The van der Waals surface area contributed by atoms with E-state index in [1.54, 1.807) is 12.1 Å². The van der Waals surface area contributed by atoms with Crippen molar-refractivity contribution in [2.45, 2.75) is 26.2 Å². The van der Waals surface area contributed by atoms with Gasteiger partial charge in [-0.3, -0.25) is 24.9 Å². The molecule has 2 heterocycles. The highest BCUT2D eigenvalue weighted by Crippen LogP contribution is 2.36. The average Bonchev–Trinajstić information content (AvgIpc) is 3.21. The molecule has 0 fully saturated rings. The van der Waals surface area contributed by atoms with E-state index < -0.39 is 46.4 Å². The Bertz CT molecular complexity index is 1110. The second-order valence-electron chi connectivity index (χ2n) is 6.10. The molecule has 0 atom stereocenters. The molecule has 1 N–H and O–H groups in total. The third-order valence-corrected chi connectivity index (χ3v) is 4.00. The molecule has 3 rings (SSSR count). The van der Waals surface area contributed by atoms with Crippen molar-refractivity contribution < 1.29 is 27.3 Å². The van der Waals surface area contributed by atoms with E-state index in [0.717, 1.165) is 6.92 Å². The van der Waals surface area contributed by atoms with Gasteiger partial charge in [0.1, 0.15) is 24.4 Å². The normalized spacial score (nSPS) is 11.5. The van der Waals surface area contributed by atoms with Crippen LogP contribution < -0.4 is 5.32 Å². The number of carbonyl (C=O) groups is 1. The maximum absolute atomic E-state index is 13.7. The minimum Gasteiger partial charge on any atom is -0.292 e. The molecular weight excluding hydrogens is 414 g/mol. The molecule has 0 aliphatic carbocycles. The fraction of sp³-hybridized carbons (Fsp3) is 0.250. The van der Waals surface area contributed by atoms with Gasteiger partial charge in [-0.2, -0.15) is 18.3 Å². The van der Waals surface area contributed by atoms with Crippen molar-refractivity contribution in [1.29, 1.82) is 0 Å². The lowest BCUT2D eigenvalue weighted by atomic mass is 10.2. The highest BCUT2D eigenvalue weighted by Gasteiger charge is 2.44. The average molecular weight is 427 g/mol. The molecule has 0 saturated carbocycles. The van der Waals surface area contributed by atoms with Gasteiger partial charge in [0.25, 0.3) is 0 Å². The number of nitro groups is 1. The quantitative estimate of drug-likeness (QED) is 0.367. The van der Waals surface area contributed by atoms with Gasteiger partial charge in [-0.05, 0) is 13.0 Å². The van der Waals surface area contributed by atoms with Gasteiger partial charge in [0.2, 0.25) is 17.5 Å². The summed E-state index contributed by atoms with van der Waals surface area (Å²) in [5, 5.41) is 20.3. The molecule has 1 aromatic carbocycles. The number of benzene rings is 1. The van der Waals surface area contributed by atoms with Gasteiger partial charge < -0.3 is 0 Å². The minimum atomic E-state index is -5.05. The van der Waals surface area contributed by atoms with E-state index in [4.69, 9.17) is 0 Å². The summed E-state index contributed by atoms with van der Waals surface area (Å²) >= 11 is 0. The van der Waals surface area contributed by atoms with Gasteiger partial charge in [-0.15, -0.1) is 5.10 Å². The summed E-state index contributed by atoms with van der Waals surface area (Å²) in [4.78, 5) is 25.7. The van der Waals surface area contributed by atoms with Gasteiger partial charge in [-0.1, -0.05) is 18.2 Å². The van der Waals surface area contributed by atoms with Crippen molar-refractivity contribution in [2.24, 2.45) is 0 Å². The van der Waals surface area contributed by atoms with Gasteiger partial charge in [-0.25, -0.2) is 14.1 Å². The molecule has 3 aromatic rings. The van der Waals surface area contributed by atoms with Crippen molar-refractivity contribution in [3.63, 3.8) is 0 Å². The molecule has 0 radical (unpaired) electrons. The van der Waals surface area contributed by atoms with E-state index in [-0.39, 0.29) is 12.5 Å². The Labute approximate surface area is 165 Å². The topological polar surface area (TPSA) is 121 Å². The molecule has 1 amide bonds. The lowest BCUT2D eigenvalue weighted by molar-refractivity contribution is -0.388. The summed E-state index contributed by atoms with van der Waals surface area (Å²) < 4.78 is 54.4. The van der Waals surface area contributed by atoms with Crippen LogP contribution in [-0.4, -0.2) is 35.4 Å². The third kappa shape index (κ3) is 4.42. The summed E-state index contributed by atoms with van der Waals surface area (Å²) in [5.41, 5.74) is -3.01. The van der Waals surface area contributed by atoms with Gasteiger partial charge in [0.15, 0.2) is 0 Å². The highest BCUT2D eigenvalue weighted by atomic mass is 19.4. The summed E-state index contributed by atoms with van der Waals surface area (Å²) in [6, 6.07) is 5.98. The zero-order chi connectivity index (χ0) is 22.1. The number of amides is 1. The maximum atomic E-state index is 13.7. The first-order valence-electron chi connectivity index (χ1n) is 8.28. The van der Waals surface area contributed by atoms with Gasteiger partial charge in [0.05, 0.1) is 11.5 Å². The zero-order valence-corrected chi connectivity index (χ0v) is 15.2. The molecule has 2 aromatic heterocycles. The molecule has 30 heavy (non-hydrogen) atoms. The van der Waals surface area contributed by atoms with Crippen molar-refractivity contribution in [2.75, 3.05) is 5.32 Å². The molecular formula is C16H13F4N7O3. The second kappa shape index (κ2) is 7.88. The van der Waals surface area contributed by atoms with E-state index in [9.17, 15) is 32.5 Å². The van der Waals surface area contributed by atoms with Crippen LogP contribution in [0.3, 0.4) is 0 Å². The molecule has 0 spiro atoms. The number of anilines is 1. The fourth-order valence-corrected chi connectivity index (χ4v) is 2.63.